The number of aryl methyl sites for hydroxylation is 2. The highest BCUT2D eigenvalue weighted by Gasteiger charge is 2.13. The normalized spacial score (nSPS) is 10.1. The lowest BCUT2D eigenvalue weighted by Crippen LogP contribution is -2.16. The molecule has 3 nitrogen and oxygen atoms in total. The van der Waals surface area contributed by atoms with Gasteiger partial charge in [0.1, 0.15) is 0 Å². The summed E-state index contributed by atoms with van der Waals surface area (Å²) in [5.74, 6) is -0.0215. The zero-order valence-electron chi connectivity index (χ0n) is 13.2. The molecular formula is C17H23ClN2OS. The van der Waals surface area contributed by atoms with Crippen LogP contribution >= 0.6 is 23.7 Å². The Labute approximate surface area is 142 Å². The molecule has 2 rings (SSSR count). The van der Waals surface area contributed by atoms with Gasteiger partial charge in [-0.25, -0.2) is 0 Å². The second-order valence-corrected chi connectivity index (χ2v) is 6.10. The number of para-hydroxylation sites is 1. The van der Waals surface area contributed by atoms with Gasteiger partial charge in [0.25, 0.3) is 5.91 Å². The van der Waals surface area contributed by atoms with Crippen LogP contribution in [0.15, 0.2) is 30.3 Å². The summed E-state index contributed by atoms with van der Waals surface area (Å²) in [5.41, 5.74) is 3.19. The minimum Gasteiger partial charge on any atom is -0.321 e. The largest absolute Gasteiger partial charge is 0.321 e. The van der Waals surface area contributed by atoms with Crippen molar-refractivity contribution in [2.75, 3.05) is 11.9 Å². The molecule has 5 heteroatoms. The molecule has 0 aliphatic heterocycles. The number of hydrogen-bond acceptors (Lipinski definition) is 3. The van der Waals surface area contributed by atoms with Crippen molar-refractivity contribution in [1.82, 2.24) is 5.32 Å². The van der Waals surface area contributed by atoms with Crippen LogP contribution in [0.25, 0.3) is 0 Å². The summed E-state index contributed by atoms with van der Waals surface area (Å²) in [5, 5.41) is 6.32. The number of hydrogen-bond donors (Lipinski definition) is 2. The second-order valence-electron chi connectivity index (χ2n) is 4.96. The molecule has 0 atom stereocenters. The minimum atomic E-state index is -0.0215. The predicted molar refractivity (Wildman–Crippen MR) is 97.5 cm³/mol. The molecular weight excluding hydrogens is 316 g/mol. The third-order valence-corrected chi connectivity index (χ3v) is 4.78. The number of benzene rings is 1. The minimum absolute atomic E-state index is 0. The first-order chi connectivity index (χ1) is 10.2. The van der Waals surface area contributed by atoms with Crippen LogP contribution in [0.3, 0.4) is 0 Å². The highest BCUT2D eigenvalue weighted by molar-refractivity contribution is 7.14. The van der Waals surface area contributed by atoms with Gasteiger partial charge in [0.2, 0.25) is 0 Å². The second kappa shape index (κ2) is 8.93. The summed E-state index contributed by atoms with van der Waals surface area (Å²) in [6, 6.07) is 9.90. The van der Waals surface area contributed by atoms with Crippen LogP contribution in [0.5, 0.6) is 0 Å². The van der Waals surface area contributed by atoms with Crippen molar-refractivity contribution in [2.45, 2.75) is 33.7 Å². The Morgan fingerprint density at radius 3 is 2.59 bits per heavy atom. The number of carbonyl (C=O) groups excluding carboxylic acids is 1. The lowest BCUT2D eigenvalue weighted by molar-refractivity contribution is 0.103. The van der Waals surface area contributed by atoms with Crippen LogP contribution in [-0.4, -0.2) is 12.5 Å². The van der Waals surface area contributed by atoms with Crippen LogP contribution < -0.4 is 10.6 Å². The average molecular weight is 339 g/mol. The standard InChI is InChI=1S/C17H22N2OS.ClH/c1-4-15-12(3)10-16(21-15)17(20)19-14-9-7-6-8-13(14)11-18-5-2;/h6-10,18H,4-5,11H2,1-3H3,(H,19,20);1H. The zero-order valence-corrected chi connectivity index (χ0v) is 14.9. The van der Waals surface area contributed by atoms with Crippen molar-refractivity contribution in [2.24, 2.45) is 0 Å². The smallest absolute Gasteiger partial charge is 0.265 e. The lowest BCUT2D eigenvalue weighted by atomic mass is 10.1. The summed E-state index contributed by atoms with van der Waals surface area (Å²) in [7, 11) is 0. The Hall–Kier alpha value is -1.36. The molecule has 0 bridgehead atoms. The van der Waals surface area contributed by atoms with Crippen molar-refractivity contribution in [1.29, 1.82) is 0 Å². The average Bonchev–Trinajstić information content (AvgIpc) is 2.87. The van der Waals surface area contributed by atoms with Crippen LogP contribution in [0.2, 0.25) is 0 Å². The Bertz CT molecular complexity index is 625. The van der Waals surface area contributed by atoms with Gasteiger partial charge in [-0.15, -0.1) is 23.7 Å². The van der Waals surface area contributed by atoms with Crippen LogP contribution in [0, 0.1) is 6.92 Å². The fourth-order valence-electron chi connectivity index (χ4n) is 2.22. The first kappa shape index (κ1) is 18.7. The molecule has 1 aromatic carbocycles. The van der Waals surface area contributed by atoms with Crippen molar-refractivity contribution in [3.05, 3.63) is 51.2 Å². The molecule has 1 amide bonds. The SMILES string of the molecule is CCNCc1ccccc1NC(=O)c1cc(C)c(CC)s1.Cl. The summed E-state index contributed by atoms with van der Waals surface area (Å²) < 4.78 is 0. The van der Waals surface area contributed by atoms with E-state index in [2.05, 4.69) is 31.4 Å². The molecule has 0 unspecified atom stereocenters. The van der Waals surface area contributed by atoms with Gasteiger partial charge in [0.05, 0.1) is 4.88 Å². The van der Waals surface area contributed by atoms with Gasteiger partial charge in [0, 0.05) is 17.1 Å². The zero-order chi connectivity index (χ0) is 15.2. The van der Waals surface area contributed by atoms with Crippen LogP contribution in [0.1, 0.15) is 39.5 Å². The Kier molecular flexibility index (Phi) is 7.59. The molecule has 1 heterocycles. The van der Waals surface area contributed by atoms with Gasteiger partial charge >= 0.3 is 0 Å². The fraction of sp³-hybridized carbons (Fsp3) is 0.353. The van der Waals surface area contributed by atoms with E-state index in [0.29, 0.717) is 0 Å². The van der Waals surface area contributed by atoms with E-state index in [9.17, 15) is 4.79 Å². The number of nitrogens with one attached hydrogen (secondary N) is 2. The number of halogens is 1. The van der Waals surface area contributed by atoms with E-state index < -0.39 is 0 Å². The van der Waals surface area contributed by atoms with E-state index in [0.717, 1.165) is 35.6 Å². The van der Waals surface area contributed by atoms with Gasteiger partial charge < -0.3 is 10.6 Å². The van der Waals surface area contributed by atoms with Crippen LogP contribution in [0.4, 0.5) is 5.69 Å². The molecule has 120 valence electrons. The molecule has 1 aromatic heterocycles. The third kappa shape index (κ3) is 4.57. The highest BCUT2D eigenvalue weighted by atomic mass is 35.5. The number of rotatable bonds is 6. The molecule has 0 fully saturated rings. The quantitative estimate of drug-likeness (QED) is 0.819. The lowest BCUT2D eigenvalue weighted by Gasteiger charge is -2.10. The summed E-state index contributed by atoms with van der Waals surface area (Å²) in [6.45, 7) is 7.92. The molecule has 0 saturated heterocycles. The van der Waals surface area contributed by atoms with Crippen molar-refractivity contribution < 1.29 is 4.79 Å². The Balaban J connectivity index is 0.00000242. The monoisotopic (exact) mass is 338 g/mol. The van der Waals surface area contributed by atoms with Gasteiger partial charge in [-0.3, -0.25) is 4.79 Å². The molecule has 0 aliphatic rings. The van der Waals surface area contributed by atoms with Gasteiger partial charge in [-0.2, -0.15) is 0 Å². The van der Waals surface area contributed by atoms with E-state index in [1.807, 2.05) is 30.3 Å². The summed E-state index contributed by atoms with van der Waals surface area (Å²) in [4.78, 5) is 14.5. The van der Waals surface area contributed by atoms with Crippen LogP contribution in [-0.2, 0) is 13.0 Å². The first-order valence-electron chi connectivity index (χ1n) is 7.35. The molecule has 2 aromatic rings. The predicted octanol–water partition coefficient (Wildman–Crippen LogP) is 4.40. The molecule has 0 radical (unpaired) electrons. The Morgan fingerprint density at radius 2 is 1.95 bits per heavy atom. The number of carbonyl (C=O) groups is 1. The topological polar surface area (TPSA) is 41.1 Å². The van der Waals surface area contributed by atoms with E-state index in [1.165, 1.54) is 10.4 Å². The van der Waals surface area contributed by atoms with E-state index in [1.54, 1.807) is 11.3 Å². The van der Waals surface area contributed by atoms with Crippen molar-refractivity contribution in [3.8, 4) is 0 Å². The maximum absolute atomic E-state index is 12.4. The van der Waals surface area contributed by atoms with E-state index in [-0.39, 0.29) is 18.3 Å². The number of thiophene rings is 1. The molecule has 22 heavy (non-hydrogen) atoms. The molecule has 2 N–H and O–H groups in total. The highest BCUT2D eigenvalue weighted by Crippen LogP contribution is 2.24. The maximum atomic E-state index is 12.4. The van der Waals surface area contributed by atoms with Crippen molar-refractivity contribution in [3.63, 3.8) is 0 Å². The molecule has 0 aliphatic carbocycles. The van der Waals surface area contributed by atoms with Gasteiger partial charge in [-0.05, 0) is 43.1 Å². The molecule has 0 saturated carbocycles. The fourth-order valence-corrected chi connectivity index (χ4v) is 3.23. The van der Waals surface area contributed by atoms with Gasteiger partial charge in [-0.1, -0.05) is 32.0 Å². The summed E-state index contributed by atoms with van der Waals surface area (Å²) in [6.07, 6.45) is 0.973. The van der Waals surface area contributed by atoms with E-state index >= 15 is 0 Å². The van der Waals surface area contributed by atoms with Crippen molar-refractivity contribution >= 4 is 35.3 Å². The van der Waals surface area contributed by atoms with E-state index in [4.69, 9.17) is 0 Å². The molecule has 0 spiro atoms. The summed E-state index contributed by atoms with van der Waals surface area (Å²) >= 11 is 1.58. The first-order valence-corrected chi connectivity index (χ1v) is 8.16. The number of amides is 1. The third-order valence-electron chi connectivity index (χ3n) is 3.40. The Morgan fingerprint density at radius 1 is 1.23 bits per heavy atom. The maximum Gasteiger partial charge on any atom is 0.265 e. The van der Waals surface area contributed by atoms with Gasteiger partial charge in [0.15, 0.2) is 0 Å². The number of anilines is 1.